The highest BCUT2D eigenvalue weighted by Crippen LogP contribution is 2.28. The van der Waals surface area contributed by atoms with Gasteiger partial charge in [0.25, 0.3) is 0 Å². The summed E-state index contributed by atoms with van der Waals surface area (Å²) in [5.41, 5.74) is 9.39. The van der Waals surface area contributed by atoms with E-state index in [0.29, 0.717) is 0 Å². The lowest BCUT2D eigenvalue weighted by Crippen LogP contribution is -1.90. The molecule has 1 aromatic heterocycles. The Kier molecular flexibility index (Phi) is 2.00. The van der Waals surface area contributed by atoms with Crippen LogP contribution in [-0.4, -0.2) is 5.16 Å². The quantitative estimate of drug-likeness (QED) is 0.699. The Hall–Kier alpha value is -1.77. The summed E-state index contributed by atoms with van der Waals surface area (Å²) >= 11 is 0. The molecule has 1 heterocycles. The number of nitrogens with two attached hydrogens (primary N) is 1. The molecule has 3 heteroatoms. The second-order valence-electron chi connectivity index (χ2n) is 3.30. The maximum atomic E-state index is 5.85. The number of anilines is 1. The number of benzene rings is 1. The van der Waals surface area contributed by atoms with Gasteiger partial charge < -0.3 is 10.3 Å². The Morgan fingerprint density at radius 3 is 2.50 bits per heavy atom. The van der Waals surface area contributed by atoms with E-state index in [9.17, 15) is 0 Å². The van der Waals surface area contributed by atoms with Gasteiger partial charge in [-0.2, -0.15) is 0 Å². The molecule has 0 radical (unpaired) electrons. The first-order chi connectivity index (χ1) is 6.70. The Labute approximate surface area is 82.5 Å². The van der Waals surface area contributed by atoms with Gasteiger partial charge in [-0.1, -0.05) is 23.4 Å². The molecule has 0 amide bonds. The SMILES string of the molecule is Cc1onc(-c2ccccc2N)c1C. The minimum absolute atomic E-state index is 0.726. The van der Waals surface area contributed by atoms with E-state index in [1.54, 1.807) is 0 Å². The highest BCUT2D eigenvalue weighted by molar-refractivity contribution is 5.75. The van der Waals surface area contributed by atoms with Gasteiger partial charge in [0, 0.05) is 16.8 Å². The van der Waals surface area contributed by atoms with E-state index in [1.165, 1.54) is 0 Å². The molecular weight excluding hydrogens is 176 g/mol. The minimum Gasteiger partial charge on any atom is -0.398 e. The van der Waals surface area contributed by atoms with Crippen LogP contribution in [0.25, 0.3) is 11.3 Å². The summed E-state index contributed by atoms with van der Waals surface area (Å²) in [4.78, 5) is 0. The molecule has 3 nitrogen and oxygen atoms in total. The highest BCUT2D eigenvalue weighted by Gasteiger charge is 2.11. The standard InChI is InChI=1S/C11H12N2O/c1-7-8(2)14-13-11(7)9-5-3-4-6-10(9)12/h3-6H,12H2,1-2H3. The minimum atomic E-state index is 0.726. The van der Waals surface area contributed by atoms with Gasteiger partial charge in [-0.15, -0.1) is 0 Å². The fraction of sp³-hybridized carbons (Fsp3) is 0.182. The molecule has 0 bridgehead atoms. The molecule has 1 aromatic carbocycles. The zero-order chi connectivity index (χ0) is 10.1. The van der Waals surface area contributed by atoms with Gasteiger partial charge in [0.15, 0.2) is 0 Å². The number of para-hydroxylation sites is 1. The van der Waals surface area contributed by atoms with Crippen molar-refractivity contribution in [2.75, 3.05) is 5.73 Å². The largest absolute Gasteiger partial charge is 0.398 e. The van der Waals surface area contributed by atoms with Gasteiger partial charge in [0.2, 0.25) is 0 Å². The number of nitrogens with zero attached hydrogens (tertiary/aromatic N) is 1. The van der Waals surface area contributed by atoms with E-state index < -0.39 is 0 Å². The Balaban J connectivity index is 2.60. The van der Waals surface area contributed by atoms with Crippen molar-refractivity contribution in [3.63, 3.8) is 0 Å². The average molecular weight is 188 g/mol. The normalized spacial score (nSPS) is 10.4. The smallest absolute Gasteiger partial charge is 0.137 e. The second kappa shape index (κ2) is 3.18. The molecule has 2 aromatic rings. The summed E-state index contributed by atoms with van der Waals surface area (Å²) in [6.45, 7) is 3.87. The molecule has 0 saturated heterocycles. The van der Waals surface area contributed by atoms with Gasteiger partial charge in [0.05, 0.1) is 0 Å². The molecular formula is C11H12N2O. The lowest BCUT2D eigenvalue weighted by molar-refractivity contribution is 0.399. The van der Waals surface area contributed by atoms with Crippen LogP contribution in [0.1, 0.15) is 11.3 Å². The van der Waals surface area contributed by atoms with Crippen molar-refractivity contribution >= 4 is 5.69 Å². The van der Waals surface area contributed by atoms with Crippen LogP contribution in [0.2, 0.25) is 0 Å². The van der Waals surface area contributed by atoms with Crippen molar-refractivity contribution in [2.24, 2.45) is 0 Å². The number of rotatable bonds is 1. The molecule has 0 fully saturated rings. The van der Waals surface area contributed by atoms with Crippen LogP contribution in [-0.2, 0) is 0 Å². The first-order valence-corrected chi connectivity index (χ1v) is 4.48. The lowest BCUT2D eigenvalue weighted by atomic mass is 10.1. The van der Waals surface area contributed by atoms with E-state index in [-0.39, 0.29) is 0 Å². The van der Waals surface area contributed by atoms with Crippen LogP contribution in [0.4, 0.5) is 5.69 Å². The molecule has 0 saturated carbocycles. The zero-order valence-electron chi connectivity index (χ0n) is 8.24. The summed E-state index contributed by atoms with van der Waals surface area (Å²) in [5, 5.41) is 3.99. The number of aryl methyl sites for hydroxylation is 1. The predicted molar refractivity (Wildman–Crippen MR) is 55.8 cm³/mol. The number of hydrogen-bond acceptors (Lipinski definition) is 3. The first kappa shape index (κ1) is 8.81. The summed E-state index contributed by atoms with van der Waals surface area (Å²) in [5.74, 6) is 0.836. The highest BCUT2D eigenvalue weighted by atomic mass is 16.5. The van der Waals surface area contributed by atoms with Crippen molar-refractivity contribution in [1.29, 1.82) is 0 Å². The molecule has 0 aliphatic carbocycles. The van der Waals surface area contributed by atoms with E-state index in [0.717, 1.165) is 28.3 Å². The molecule has 0 aliphatic heterocycles. The van der Waals surface area contributed by atoms with E-state index in [4.69, 9.17) is 10.3 Å². The maximum absolute atomic E-state index is 5.85. The average Bonchev–Trinajstić information content (AvgIpc) is 2.49. The fourth-order valence-corrected chi connectivity index (χ4v) is 1.38. The molecule has 0 aliphatic rings. The second-order valence-corrected chi connectivity index (χ2v) is 3.30. The monoisotopic (exact) mass is 188 g/mol. The molecule has 14 heavy (non-hydrogen) atoms. The predicted octanol–water partition coefficient (Wildman–Crippen LogP) is 2.54. The Bertz CT molecular complexity index is 460. The van der Waals surface area contributed by atoms with Crippen LogP contribution < -0.4 is 5.73 Å². The van der Waals surface area contributed by atoms with E-state index >= 15 is 0 Å². The van der Waals surface area contributed by atoms with Crippen molar-refractivity contribution in [2.45, 2.75) is 13.8 Å². The van der Waals surface area contributed by atoms with Crippen molar-refractivity contribution in [1.82, 2.24) is 5.16 Å². The molecule has 0 spiro atoms. The van der Waals surface area contributed by atoms with Gasteiger partial charge in [-0.25, -0.2) is 0 Å². The molecule has 2 rings (SSSR count). The molecule has 0 atom stereocenters. The van der Waals surface area contributed by atoms with Gasteiger partial charge in [-0.3, -0.25) is 0 Å². The van der Waals surface area contributed by atoms with Crippen molar-refractivity contribution < 1.29 is 4.52 Å². The third-order valence-electron chi connectivity index (χ3n) is 2.37. The van der Waals surface area contributed by atoms with Crippen LogP contribution in [0.3, 0.4) is 0 Å². The summed E-state index contributed by atoms with van der Waals surface area (Å²) in [6.07, 6.45) is 0. The van der Waals surface area contributed by atoms with E-state index in [2.05, 4.69) is 5.16 Å². The van der Waals surface area contributed by atoms with Crippen molar-refractivity contribution in [3.05, 3.63) is 35.6 Å². The third-order valence-corrected chi connectivity index (χ3v) is 2.37. The molecule has 0 unspecified atom stereocenters. The van der Waals surface area contributed by atoms with Crippen LogP contribution in [0.5, 0.6) is 0 Å². The first-order valence-electron chi connectivity index (χ1n) is 4.48. The fourth-order valence-electron chi connectivity index (χ4n) is 1.38. The summed E-state index contributed by atoms with van der Waals surface area (Å²) < 4.78 is 5.10. The topological polar surface area (TPSA) is 52.0 Å². The number of aromatic nitrogens is 1. The Morgan fingerprint density at radius 2 is 1.93 bits per heavy atom. The maximum Gasteiger partial charge on any atom is 0.137 e. The Morgan fingerprint density at radius 1 is 1.21 bits per heavy atom. The number of nitrogen functional groups attached to an aromatic ring is 1. The summed E-state index contributed by atoms with van der Waals surface area (Å²) in [7, 11) is 0. The zero-order valence-corrected chi connectivity index (χ0v) is 8.24. The lowest BCUT2D eigenvalue weighted by Gasteiger charge is -2.01. The van der Waals surface area contributed by atoms with Crippen LogP contribution in [0, 0.1) is 13.8 Å². The van der Waals surface area contributed by atoms with E-state index in [1.807, 2.05) is 38.1 Å². The van der Waals surface area contributed by atoms with Crippen LogP contribution >= 0.6 is 0 Å². The molecule has 2 N–H and O–H groups in total. The third kappa shape index (κ3) is 1.27. The molecule has 72 valence electrons. The number of hydrogen-bond donors (Lipinski definition) is 1. The van der Waals surface area contributed by atoms with Crippen molar-refractivity contribution in [3.8, 4) is 11.3 Å². The summed E-state index contributed by atoms with van der Waals surface area (Å²) in [6, 6.07) is 7.65. The van der Waals surface area contributed by atoms with Gasteiger partial charge in [0.1, 0.15) is 11.5 Å². The van der Waals surface area contributed by atoms with Gasteiger partial charge >= 0.3 is 0 Å². The van der Waals surface area contributed by atoms with Crippen LogP contribution in [0.15, 0.2) is 28.8 Å². The van der Waals surface area contributed by atoms with Gasteiger partial charge in [-0.05, 0) is 19.9 Å².